The molecule has 0 saturated carbocycles. The number of fused-ring (bicyclic) bond motifs is 3. The Balaban J connectivity index is 0.00000225. The summed E-state index contributed by atoms with van der Waals surface area (Å²) in [6.07, 6.45) is -0.209. The first-order chi connectivity index (χ1) is 11.6. The molecule has 0 amide bonds. The van der Waals surface area contributed by atoms with Crippen LogP contribution in [-0.4, -0.2) is 33.2 Å². The SMILES string of the molecule is O=C(CCC(O)C(=O)O)Oc1cccc2ncc3ccccc3c12.[H+]. The smallest absolute Gasteiger partial charge is 0.479 e. The Bertz CT molecular complexity index is 928. The molecule has 0 radical (unpaired) electrons. The van der Waals surface area contributed by atoms with Gasteiger partial charge in [-0.05, 0) is 23.9 Å². The molecule has 0 aliphatic heterocycles. The van der Waals surface area contributed by atoms with Gasteiger partial charge >= 0.3 is 13.4 Å². The summed E-state index contributed by atoms with van der Waals surface area (Å²) in [6.45, 7) is 0. The Hall–Kier alpha value is -2.99. The van der Waals surface area contributed by atoms with Crippen LogP contribution >= 0.6 is 0 Å². The molecule has 24 heavy (non-hydrogen) atoms. The van der Waals surface area contributed by atoms with Crippen molar-refractivity contribution in [3.05, 3.63) is 48.7 Å². The highest BCUT2D eigenvalue weighted by Crippen LogP contribution is 2.31. The zero-order chi connectivity index (χ0) is 17.1. The molecule has 1 unspecified atom stereocenters. The van der Waals surface area contributed by atoms with Crippen LogP contribution in [0.25, 0.3) is 21.7 Å². The summed E-state index contributed by atoms with van der Waals surface area (Å²) in [5, 5.41) is 20.4. The third kappa shape index (κ3) is 3.18. The number of carbonyl (C=O) groups excluding carboxylic acids is 1. The van der Waals surface area contributed by atoms with Crippen LogP contribution in [0.15, 0.2) is 48.7 Å². The predicted molar refractivity (Wildman–Crippen MR) is 88.9 cm³/mol. The maximum absolute atomic E-state index is 12.0. The van der Waals surface area contributed by atoms with Crippen LogP contribution in [-0.2, 0) is 9.59 Å². The van der Waals surface area contributed by atoms with E-state index >= 15 is 0 Å². The van der Waals surface area contributed by atoms with E-state index in [2.05, 4.69) is 4.98 Å². The number of esters is 1. The van der Waals surface area contributed by atoms with Gasteiger partial charge in [0.2, 0.25) is 0 Å². The molecule has 6 nitrogen and oxygen atoms in total. The number of carboxylic acids is 1. The van der Waals surface area contributed by atoms with Crippen LogP contribution in [0.1, 0.15) is 14.3 Å². The van der Waals surface area contributed by atoms with Crippen molar-refractivity contribution in [2.75, 3.05) is 0 Å². The molecular formula is C18H16NO5+. The van der Waals surface area contributed by atoms with Crippen LogP contribution < -0.4 is 4.74 Å². The zero-order valence-electron chi connectivity index (χ0n) is 13.7. The van der Waals surface area contributed by atoms with Gasteiger partial charge in [0.05, 0.1) is 10.9 Å². The maximum Gasteiger partial charge on any atom is 1.00 e. The fourth-order valence-electron chi connectivity index (χ4n) is 2.51. The molecule has 1 atom stereocenters. The van der Waals surface area contributed by atoms with E-state index in [1.54, 1.807) is 18.3 Å². The number of rotatable bonds is 5. The van der Waals surface area contributed by atoms with Crippen LogP contribution in [0.3, 0.4) is 0 Å². The van der Waals surface area contributed by atoms with E-state index in [0.29, 0.717) is 11.3 Å². The second kappa shape index (κ2) is 6.64. The summed E-state index contributed by atoms with van der Waals surface area (Å²) in [5.74, 6) is -1.59. The fourth-order valence-corrected chi connectivity index (χ4v) is 2.51. The van der Waals surface area contributed by atoms with Gasteiger partial charge in [0.1, 0.15) is 5.75 Å². The van der Waals surface area contributed by atoms with E-state index in [4.69, 9.17) is 9.84 Å². The van der Waals surface area contributed by atoms with Crippen molar-refractivity contribution in [3.63, 3.8) is 0 Å². The molecule has 0 fully saturated rings. The van der Waals surface area contributed by atoms with E-state index in [1.165, 1.54) is 0 Å². The zero-order valence-corrected chi connectivity index (χ0v) is 12.7. The normalized spacial score (nSPS) is 12.2. The lowest BCUT2D eigenvalue weighted by atomic mass is 10.1. The van der Waals surface area contributed by atoms with Gasteiger partial charge in [-0.25, -0.2) is 4.79 Å². The average molecular weight is 326 g/mol. The van der Waals surface area contributed by atoms with E-state index in [-0.39, 0.29) is 14.3 Å². The van der Waals surface area contributed by atoms with Crippen molar-refractivity contribution in [2.45, 2.75) is 18.9 Å². The first-order valence-corrected chi connectivity index (χ1v) is 7.44. The fraction of sp³-hybridized carbons (Fsp3) is 0.167. The number of aliphatic carboxylic acids is 1. The molecule has 2 N–H and O–H groups in total. The molecular weight excluding hydrogens is 310 g/mol. The lowest BCUT2D eigenvalue weighted by Crippen LogP contribution is -2.21. The Labute approximate surface area is 138 Å². The van der Waals surface area contributed by atoms with E-state index in [1.807, 2.05) is 30.3 Å². The standard InChI is InChI=1S/C18H15NO5/c20-14(18(22)23)8-9-16(21)24-15-7-3-6-13-17(15)12-5-2-1-4-11(12)10-19-13/h1-7,10,14,20H,8-9H2,(H,22,23)/p+1. The quantitative estimate of drug-likeness (QED) is 0.425. The number of aromatic nitrogens is 1. The summed E-state index contributed by atoms with van der Waals surface area (Å²) in [5.41, 5.74) is 0.699. The molecule has 122 valence electrons. The number of nitrogens with zero attached hydrogens (tertiary/aromatic N) is 1. The summed E-state index contributed by atoms with van der Waals surface area (Å²) in [6, 6.07) is 12.9. The van der Waals surface area contributed by atoms with Crippen molar-refractivity contribution in [3.8, 4) is 5.75 Å². The first-order valence-electron chi connectivity index (χ1n) is 7.44. The van der Waals surface area contributed by atoms with E-state index < -0.39 is 18.0 Å². The summed E-state index contributed by atoms with van der Waals surface area (Å²) in [4.78, 5) is 26.9. The highest BCUT2D eigenvalue weighted by molar-refractivity contribution is 6.09. The number of pyridine rings is 1. The third-order valence-electron chi connectivity index (χ3n) is 3.71. The van der Waals surface area contributed by atoms with Crippen molar-refractivity contribution >= 4 is 33.6 Å². The van der Waals surface area contributed by atoms with E-state index in [9.17, 15) is 14.7 Å². The average Bonchev–Trinajstić information content (AvgIpc) is 2.59. The highest BCUT2D eigenvalue weighted by atomic mass is 16.5. The molecule has 0 saturated heterocycles. The number of aliphatic hydroxyl groups is 1. The molecule has 3 aromatic rings. The summed E-state index contributed by atoms with van der Waals surface area (Å²) < 4.78 is 5.38. The highest BCUT2D eigenvalue weighted by Gasteiger charge is 2.17. The molecule has 1 aromatic heterocycles. The Morgan fingerprint density at radius 1 is 1.17 bits per heavy atom. The number of hydrogen-bond acceptors (Lipinski definition) is 5. The molecule has 0 aliphatic carbocycles. The molecule has 6 heteroatoms. The van der Waals surface area contributed by atoms with E-state index in [0.717, 1.165) is 16.2 Å². The lowest BCUT2D eigenvalue weighted by molar-refractivity contribution is -0.147. The van der Waals surface area contributed by atoms with Crippen molar-refractivity contribution < 1.29 is 26.0 Å². The molecule has 1 heterocycles. The van der Waals surface area contributed by atoms with Crippen LogP contribution in [0.4, 0.5) is 0 Å². The number of hydrogen-bond donors (Lipinski definition) is 2. The molecule has 0 bridgehead atoms. The minimum absolute atomic E-state index is 0. The Morgan fingerprint density at radius 2 is 1.96 bits per heavy atom. The second-order valence-corrected chi connectivity index (χ2v) is 5.36. The van der Waals surface area contributed by atoms with Crippen LogP contribution in [0.5, 0.6) is 5.75 Å². The minimum atomic E-state index is -1.58. The summed E-state index contributed by atoms with van der Waals surface area (Å²) in [7, 11) is 0. The van der Waals surface area contributed by atoms with Gasteiger partial charge in [-0.15, -0.1) is 0 Å². The number of carboxylic acid groups (broad SMARTS) is 1. The Morgan fingerprint density at radius 3 is 2.75 bits per heavy atom. The lowest BCUT2D eigenvalue weighted by Gasteiger charge is -2.10. The Kier molecular flexibility index (Phi) is 4.39. The number of benzene rings is 2. The van der Waals surface area contributed by atoms with Crippen LogP contribution in [0.2, 0.25) is 0 Å². The summed E-state index contributed by atoms with van der Waals surface area (Å²) >= 11 is 0. The molecule has 2 aromatic carbocycles. The molecule has 0 aliphatic rings. The molecule has 3 rings (SSSR count). The second-order valence-electron chi connectivity index (χ2n) is 5.36. The van der Waals surface area contributed by atoms with Gasteiger partial charge in [-0.3, -0.25) is 9.78 Å². The monoisotopic (exact) mass is 326 g/mol. The number of carbonyl (C=O) groups is 2. The number of ether oxygens (including phenoxy) is 1. The largest absolute Gasteiger partial charge is 1.00 e. The van der Waals surface area contributed by atoms with Crippen molar-refractivity contribution in [1.29, 1.82) is 0 Å². The predicted octanol–water partition coefficient (Wildman–Crippen LogP) is 2.63. The topological polar surface area (TPSA) is 96.7 Å². The van der Waals surface area contributed by atoms with Crippen molar-refractivity contribution in [2.24, 2.45) is 0 Å². The van der Waals surface area contributed by atoms with Gasteiger partial charge in [0.15, 0.2) is 6.10 Å². The minimum Gasteiger partial charge on any atom is -0.479 e. The van der Waals surface area contributed by atoms with Gasteiger partial charge in [0.25, 0.3) is 0 Å². The third-order valence-corrected chi connectivity index (χ3v) is 3.71. The first kappa shape index (κ1) is 15.9. The van der Waals surface area contributed by atoms with Crippen LogP contribution in [0, 0.1) is 0 Å². The van der Waals surface area contributed by atoms with Gasteiger partial charge < -0.3 is 14.9 Å². The van der Waals surface area contributed by atoms with Gasteiger partial charge in [0, 0.05) is 18.0 Å². The van der Waals surface area contributed by atoms with Gasteiger partial charge in [-0.2, -0.15) is 0 Å². The number of aliphatic hydroxyl groups excluding tert-OH is 1. The van der Waals surface area contributed by atoms with Crippen molar-refractivity contribution in [1.82, 2.24) is 4.98 Å². The van der Waals surface area contributed by atoms with Gasteiger partial charge in [-0.1, -0.05) is 30.3 Å². The molecule has 0 spiro atoms. The maximum atomic E-state index is 12.0.